The summed E-state index contributed by atoms with van der Waals surface area (Å²) in [4.78, 5) is 18.0. The first-order valence-electron chi connectivity index (χ1n) is 5.95. The van der Waals surface area contributed by atoms with Gasteiger partial charge in [0.15, 0.2) is 0 Å². The Morgan fingerprint density at radius 1 is 1.56 bits per heavy atom. The summed E-state index contributed by atoms with van der Waals surface area (Å²) < 4.78 is 0. The topological polar surface area (TPSA) is 83.3 Å². The number of hydrazine groups is 1. The molecule has 0 saturated heterocycles. The Bertz CT molecular complexity index is 394. The molecule has 0 radical (unpaired) electrons. The lowest BCUT2D eigenvalue weighted by molar-refractivity contribution is 0.0948. The van der Waals surface area contributed by atoms with Gasteiger partial charge in [0.05, 0.1) is 11.3 Å². The molecule has 1 aromatic heterocycles. The molecule has 4 N–H and O–H groups in total. The van der Waals surface area contributed by atoms with Crippen LogP contribution in [0, 0.1) is 0 Å². The number of anilines is 1. The number of nitrogen functional groups attached to an aromatic ring is 1. The summed E-state index contributed by atoms with van der Waals surface area (Å²) in [6.07, 6.45) is 3.08. The second-order valence-electron chi connectivity index (χ2n) is 4.40. The van der Waals surface area contributed by atoms with E-state index in [4.69, 9.17) is 5.84 Å². The second-order valence-corrected chi connectivity index (χ2v) is 4.40. The number of pyridine rings is 1. The zero-order chi connectivity index (χ0) is 13.5. The van der Waals surface area contributed by atoms with Crippen LogP contribution in [0.3, 0.4) is 0 Å². The molecule has 1 aromatic rings. The molecular weight excluding hydrogens is 230 g/mol. The van der Waals surface area contributed by atoms with Gasteiger partial charge in [0, 0.05) is 31.5 Å². The minimum atomic E-state index is -0.173. The monoisotopic (exact) mass is 251 g/mol. The molecule has 6 heteroatoms. The van der Waals surface area contributed by atoms with Crippen molar-refractivity contribution in [2.45, 2.75) is 19.9 Å². The molecule has 0 fully saturated rings. The lowest BCUT2D eigenvalue weighted by Gasteiger charge is -2.21. The molecule has 1 rings (SSSR count). The van der Waals surface area contributed by atoms with Crippen LogP contribution >= 0.6 is 0 Å². The third-order valence-electron chi connectivity index (χ3n) is 2.85. The highest BCUT2D eigenvalue weighted by atomic mass is 16.1. The van der Waals surface area contributed by atoms with Crippen LogP contribution in [-0.2, 0) is 0 Å². The van der Waals surface area contributed by atoms with Crippen molar-refractivity contribution in [1.29, 1.82) is 0 Å². The molecule has 18 heavy (non-hydrogen) atoms. The number of nitrogens with two attached hydrogens (primary N) is 1. The third-order valence-corrected chi connectivity index (χ3v) is 2.85. The summed E-state index contributed by atoms with van der Waals surface area (Å²) in [5.74, 6) is 5.17. The fraction of sp³-hybridized carbons (Fsp3) is 0.500. The highest BCUT2D eigenvalue weighted by Gasteiger charge is 2.10. The number of hydrogen-bond donors (Lipinski definition) is 3. The number of hydrogen-bond acceptors (Lipinski definition) is 5. The number of carbonyl (C=O) groups excluding carboxylic acids is 1. The largest absolute Gasteiger partial charge is 0.351 e. The second kappa shape index (κ2) is 6.93. The van der Waals surface area contributed by atoms with E-state index < -0.39 is 0 Å². The number of nitrogens with one attached hydrogen (secondary N) is 2. The Morgan fingerprint density at radius 2 is 2.28 bits per heavy atom. The van der Waals surface area contributed by atoms with E-state index >= 15 is 0 Å². The molecule has 0 aliphatic carbocycles. The van der Waals surface area contributed by atoms with Crippen molar-refractivity contribution in [2.24, 2.45) is 5.84 Å². The molecule has 0 unspecified atom stereocenters. The highest BCUT2D eigenvalue weighted by molar-refractivity contribution is 5.99. The quantitative estimate of drug-likeness (QED) is 0.504. The number of likely N-dealkylation sites (N-methyl/N-ethyl adjacent to an activating group) is 1. The van der Waals surface area contributed by atoms with E-state index in [1.165, 1.54) is 6.20 Å². The first kappa shape index (κ1) is 14.4. The number of rotatable bonds is 6. The zero-order valence-corrected chi connectivity index (χ0v) is 11.1. The van der Waals surface area contributed by atoms with Crippen molar-refractivity contribution >= 4 is 11.6 Å². The van der Waals surface area contributed by atoms with Gasteiger partial charge in [0.25, 0.3) is 5.91 Å². The van der Waals surface area contributed by atoms with Crippen LogP contribution < -0.4 is 16.6 Å². The van der Waals surface area contributed by atoms with E-state index in [9.17, 15) is 4.79 Å². The van der Waals surface area contributed by atoms with Crippen molar-refractivity contribution < 1.29 is 4.79 Å². The molecule has 1 amide bonds. The summed E-state index contributed by atoms with van der Waals surface area (Å²) in [5.41, 5.74) is 3.50. The molecule has 1 heterocycles. The number of nitrogens with zero attached hydrogens (tertiary/aromatic N) is 2. The smallest absolute Gasteiger partial charge is 0.255 e. The van der Waals surface area contributed by atoms with Gasteiger partial charge in [-0.25, -0.2) is 0 Å². The van der Waals surface area contributed by atoms with Crippen LogP contribution in [0.4, 0.5) is 5.69 Å². The van der Waals surface area contributed by atoms with Crippen LogP contribution in [0.25, 0.3) is 0 Å². The SMILES string of the molecule is CC(C)N(C)CCNC(=O)c1cnccc1NN. The Labute approximate surface area is 108 Å². The van der Waals surface area contributed by atoms with Crippen molar-refractivity contribution in [3.63, 3.8) is 0 Å². The van der Waals surface area contributed by atoms with Gasteiger partial charge in [0.1, 0.15) is 0 Å². The summed E-state index contributed by atoms with van der Waals surface area (Å²) >= 11 is 0. The van der Waals surface area contributed by atoms with Crippen molar-refractivity contribution in [2.75, 3.05) is 25.6 Å². The van der Waals surface area contributed by atoms with Gasteiger partial charge in [-0.05, 0) is 27.0 Å². The summed E-state index contributed by atoms with van der Waals surface area (Å²) in [7, 11) is 2.02. The fourth-order valence-corrected chi connectivity index (χ4v) is 1.40. The maximum Gasteiger partial charge on any atom is 0.255 e. The van der Waals surface area contributed by atoms with Gasteiger partial charge in [-0.15, -0.1) is 0 Å². The van der Waals surface area contributed by atoms with Gasteiger partial charge < -0.3 is 15.6 Å². The normalized spacial score (nSPS) is 10.8. The van der Waals surface area contributed by atoms with Gasteiger partial charge in [-0.2, -0.15) is 0 Å². The molecule has 0 bridgehead atoms. The van der Waals surface area contributed by atoms with Crippen LogP contribution in [0.15, 0.2) is 18.5 Å². The van der Waals surface area contributed by atoms with Crippen LogP contribution in [-0.4, -0.2) is 42.0 Å². The van der Waals surface area contributed by atoms with Gasteiger partial charge in [-0.3, -0.25) is 15.6 Å². The van der Waals surface area contributed by atoms with Crippen LogP contribution in [0.5, 0.6) is 0 Å². The maximum absolute atomic E-state index is 11.9. The first-order valence-corrected chi connectivity index (χ1v) is 5.95. The Kier molecular flexibility index (Phi) is 5.54. The lowest BCUT2D eigenvalue weighted by Crippen LogP contribution is -2.36. The van der Waals surface area contributed by atoms with E-state index in [0.717, 1.165) is 6.54 Å². The van der Waals surface area contributed by atoms with Crippen LogP contribution in [0.1, 0.15) is 24.2 Å². The van der Waals surface area contributed by atoms with E-state index in [-0.39, 0.29) is 5.91 Å². The Morgan fingerprint density at radius 3 is 2.89 bits per heavy atom. The van der Waals surface area contributed by atoms with E-state index in [2.05, 4.69) is 34.5 Å². The fourth-order valence-electron chi connectivity index (χ4n) is 1.40. The standard InChI is InChI=1S/C12H21N5O/c1-9(2)17(3)7-6-15-12(18)10-8-14-5-4-11(10)16-13/h4-5,8-9H,6-7,13H2,1-3H3,(H,14,16)(H,15,18). The maximum atomic E-state index is 11.9. The molecule has 0 saturated carbocycles. The first-order chi connectivity index (χ1) is 8.56. The van der Waals surface area contributed by atoms with E-state index in [1.807, 2.05) is 7.05 Å². The van der Waals surface area contributed by atoms with Crippen LogP contribution in [0.2, 0.25) is 0 Å². The number of carbonyl (C=O) groups is 1. The minimum Gasteiger partial charge on any atom is -0.351 e. The Hall–Kier alpha value is -1.66. The number of amides is 1. The molecule has 0 aliphatic rings. The molecule has 0 aliphatic heterocycles. The minimum absolute atomic E-state index is 0.173. The molecule has 0 aromatic carbocycles. The molecule has 0 atom stereocenters. The predicted octanol–water partition coefficient (Wildman–Crippen LogP) is 0.437. The molecule has 100 valence electrons. The summed E-state index contributed by atoms with van der Waals surface area (Å²) in [5, 5.41) is 2.84. The number of aromatic nitrogens is 1. The third kappa shape index (κ3) is 3.97. The summed E-state index contributed by atoms with van der Waals surface area (Å²) in [6.45, 7) is 5.61. The van der Waals surface area contributed by atoms with Crippen molar-refractivity contribution in [3.8, 4) is 0 Å². The van der Waals surface area contributed by atoms with Gasteiger partial charge >= 0.3 is 0 Å². The Balaban J connectivity index is 2.50. The van der Waals surface area contributed by atoms with Crippen molar-refractivity contribution in [3.05, 3.63) is 24.0 Å². The predicted molar refractivity (Wildman–Crippen MR) is 72.1 cm³/mol. The van der Waals surface area contributed by atoms with Gasteiger partial charge in [0.2, 0.25) is 0 Å². The van der Waals surface area contributed by atoms with E-state index in [0.29, 0.717) is 23.8 Å². The summed E-state index contributed by atoms with van der Waals surface area (Å²) in [6, 6.07) is 2.12. The molecular formula is C12H21N5O. The molecule has 0 spiro atoms. The van der Waals surface area contributed by atoms with Gasteiger partial charge in [-0.1, -0.05) is 0 Å². The highest BCUT2D eigenvalue weighted by Crippen LogP contribution is 2.11. The van der Waals surface area contributed by atoms with Crippen molar-refractivity contribution in [1.82, 2.24) is 15.2 Å². The average Bonchev–Trinajstić information content (AvgIpc) is 2.38. The molecule has 6 nitrogen and oxygen atoms in total. The lowest BCUT2D eigenvalue weighted by atomic mass is 10.2. The average molecular weight is 251 g/mol. The van der Waals surface area contributed by atoms with E-state index in [1.54, 1.807) is 12.3 Å². The zero-order valence-electron chi connectivity index (χ0n) is 11.1.